The Bertz CT molecular complexity index is 113. The van der Waals surface area contributed by atoms with Gasteiger partial charge in [0.15, 0.2) is 0 Å². The van der Waals surface area contributed by atoms with Crippen molar-refractivity contribution in [3.05, 3.63) is 0 Å². The van der Waals surface area contributed by atoms with Crippen LogP contribution in [-0.2, 0) is 0 Å². The summed E-state index contributed by atoms with van der Waals surface area (Å²) in [5.41, 5.74) is -0.383. The van der Waals surface area contributed by atoms with Crippen LogP contribution in [0.4, 0.5) is 0 Å². The molecular weight excluding hydrogens is 138 g/mol. The van der Waals surface area contributed by atoms with Gasteiger partial charge in [-0.1, -0.05) is 6.92 Å². The Morgan fingerprint density at radius 2 is 2.00 bits per heavy atom. The maximum Gasteiger partial charge on any atom is 0.0621 e. The van der Waals surface area contributed by atoms with Gasteiger partial charge in [0, 0.05) is 6.04 Å². The Labute approximate surface area is 69.0 Å². The maximum absolute atomic E-state index is 9.63. The molecule has 0 spiro atoms. The second-order valence-corrected chi connectivity index (χ2v) is 3.83. The molecule has 1 aliphatic rings. The predicted molar refractivity (Wildman–Crippen MR) is 46.6 cm³/mol. The highest BCUT2D eigenvalue weighted by molar-refractivity contribution is 4.84. The van der Waals surface area contributed by atoms with Crippen molar-refractivity contribution in [3.63, 3.8) is 0 Å². The minimum atomic E-state index is -0.383. The lowest BCUT2D eigenvalue weighted by Crippen LogP contribution is -2.39. The average molecular weight is 157 g/mol. The van der Waals surface area contributed by atoms with E-state index < -0.39 is 0 Å². The van der Waals surface area contributed by atoms with E-state index in [1.807, 2.05) is 6.92 Å². The van der Waals surface area contributed by atoms with Crippen LogP contribution >= 0.6 is 0 Å². The normalized spacial score (nSPS) is 39.0. The van der Waals surface area contributed by atoms with E-state index in [4.69, 9.17) is 0 Å². The summed E-state index contributed by atoms with van der Waals surface area (Å²) in [6, 6.07) is 0.653. The highest BCUT2D eigenvalue weighted by Crippen LogP contribution is 2.27. The Balaban J connectivity index is 2.25. The average Bonchev–Trinajstić information content (AvgIpc) is 1.94. The van der Waals surface area contributed by atoms with Crippen molar-refractivity contribution in [1.82, 2.24) is 5.32 Å². The third kappa shape index (κ3) is 2.80. The summed E-state index contributed by atoms with van der Waals surface area (Å²) in [5.74, 6) is 0. The molecular formula is C9H19NO. The van der Waals surface area contributed by atoms with E-state index in [0.29, 0.717) is 6.04 Å². The lowest BCUT2D eigenvalue weighted by Gasteiger charge is -2.33. The number of rotatable bonds is 2. The van der Waals surface area contributed by atoms with Gasteiger partial charge in [0.25, 0.3) is 0 Å². The van der Waals surface area contributed by atoms with Gasteiger partial charge < -0.3 is 10.4 Å². The van der Waals surface area contributed by atoms with Crippen LogP contribution in [0.2, 0.25) is 0 Å². The van der Waals surface area contributed by atoms with Gasteiger partial charge >= 0.3 is 0 Å². The fraction of sp³-hybridized carbons (Fsp3) is 1.00. The van der Waals surface area contributed by atoms with E-state index in [0.717, 1.165) is 32.2 Å². The molecule has 2 N–H and O–H groups in total. The van der Waals surface area contributed by atoms with Gasteiger partial charge in [-0.05, 0) is 39.2 Å². The summed E-state index contributed by atoms with van der Waals surface area (Å²) >= 11 is 0. The Kier molecular flexibility index (Phi) is 2.90. The van der Waals surface area contributed by atoms with Crippen LogP contribution in [0, 0.1) is 0 Å². The van der Waals surface area contributed by atoms with Crippen LogP contribution in [0.25, 0.3) is 0 Å². The van der Waals surface area contributed by atoms with Gasteiger partial charge in [0.1, 0.15) is 0 Å². The van der Waals surface area contributed by atoms with Gasteiger partial charge in [0.2, 0.25) is 0 Å². The van der Waals surface area contributed by atoms with Crippen LogP contribution in [0.5, 0.6) is 0 Å². The number of nitrogens with one attached hydrogen (secondary N) is 1. The van der Waals surface area contributed by atoms with E-state index >= 15 is 0 Å². The molecule has 2 heteroatoms. The van der Waals surface area contributed by atoms with Crippen molar-refractivity contribution in [3.8, 4) is 0 Å². The van der Waals surface area contributed by atoms with Crippen LogP contribution < -0.4 is 5.32 Å². The molecule has 0 bridgehead atoms. The van der Waals surface area contributed by atoms with E-state index in [2.05, 4.69) is 12.2 Å². The lowest BCUT2D eigenvalue weighted by atomic mass is 9.84. The van der Waals surface area contributed by atoms with Crippen molar-refractivity contribution in [2.45, 2.75) is 51.2 Å². The third-order valence-electron chi connectivity index (χ3n) is 2.56. The first-order chi connectivity index (χ1) is 5.14. The smallest absolute Gasteiger partial charge is 0.0621 e. The number of aliphatic hydroxyl groups is 1. The quantitative estimate of drug-likeness (QED) is 0.633. The predicted octanol–water partition coefficient (Wildman–Crippen LogP) is 1.29. The summed E-state index contributed by atoms with van der Waals surface area (Å²) in [5, 5.41) is 13.0. The first kappa shape index (κ1) is 9.01. The summed E-state index contributed by atoms with van der Waals surface area (Å²) in [6.45, 7) is 5.12. The van der Waals surface area contributed by atoms with Crippen LogP contribution in [0.15, 0.2) is 0 Å². The first-order valence-electron chi connectivity index (χ1n) is 4.60. The zero-order valence-electron chi connectivity index (χ0n) is 7.56. The number of hydrogen-bond donors (Lipinski definition) is 2. The Hall–Kier alpha value is -0.0800. The first-order valence-corrected chi connectivity index (χ1v) is 4.60. The zero-order valence-corrected chi connectivity index (χ0v) is 7.56. The van der Waals surface area contributed by atoms with Gasteiger partial charge in [-0.3, -0.25) is 0 Å². The Morgan fingerprint density at radius 3 is 2.45 bits per heavy atom. The Morgan fingerprint density at radius 1 is 1.45 bits per heavy atom. The SMILES string of the molecule is CCN[C@H]1CC[C@@](C)(O)CC1. The van der Waals surface area contributed by atoms with Gasteiger partial charge in [-0.2, -0.15) is 0 Å². The van der Waals surface area contributed by atoms with Crippen LogP contribution in [-0.4, -0.2) is 23.3 Å². The van der Waals surface area contributed by atoms with E-state index in [-0.39, 0.29) is 5.60 Å². The molecule has 2 nitrogen and oxygen atoms in total. The molecule has 1 saturated carbocycles. The minimum Gasteiger partial charge on any atom is -0.390 e. The van der Waals surface area contributed by atoms with Crippen molar-refractivity contribution < 1.29 is 5.11 Å². The highest BCUT2D eigenvalue weighted by atomic mass is 16.3. The van der Waals surface area contributed by atoms with Crippen molar-refractivity contribution in [2.24, 2.45) is 0 Å². The van der Waals surface area contributed by atoms with Gasteiger partial charge in [-0.15, -0.1) is 0 Å². The second kappa shape index (κ2) is 3.55. The van der Waals surface area contributed by atoms with Crippen molar-refractivity contribution in [2.75, 3.05) is 6.54 Å². The molecule has 0 aromatic carbocycles. The van der Waals surface area contributed by atoms with Crippen LogP contribution in [0.3, 0.4) is 0 Å². The molecule has 0 aromatic rings. The van der Waals surface area contributed by atoms with Crippen molar-refractivity contribution >= 4 is 0 Å². The standard InChI is InChI=1S/C9H19NO/c1-3-10-8-4-6-9(2,11)7-5-8/h8,10-11H,3-7H2,1-2H3/t8-,9+. The summed E-state index contributed by atoms with van der Waals surface area (Å²) in [7, 11) is 0. The molecule has 0 amide bonds. The monoisotopic (exact) mass is 157 g/mol. The van der Waals surface area contributed by atoms with E-state index in [1.165, 1.54) is 0 Å². The van der Waals surface area contributed by atoms with Gasteiger partial charge in [-0.25, -0.2) is 0 Å². The van der Waals surface area contributed by atoms with Gasteiger partial charge in [0.05, 0.1) is 5.60 Å². The highest BCUT2D eigenvalue weighted by Gasteiger charge is 2.27. The molecule has 0 aromatic heterocycles. The lowest BCUT2D eigenvalue weighted by molar-refractivity contribution is 0.0143. The summed E-state index contributed by atoms with van der Waals surface area (Å²) in [6.07, 6.45) is 4.15. The molecule has 0 saturated heterocycles. The maximum atomic E-state index is 9.63. The molecule has 0 atom stereocenters. The molecule has 0 unspecified atom stereocenters. The minimum absolute atomic E-state index is 0.383. The summed E-state index contributed by atoms with van der Waals surface area (Å²) in [4.78, 5) is 0. The molecule has 1 aliphatic carbocycles. The molecule has 0 aliphatic heterocycles. The zero-order chi connectivity index (χ0) is 8.32. The fourth-order valence-electron chi connectivity index (χ4n) is 1.73. The molecule has 0 heterocycles. The second-order valence-electron chi connectivity index (χ2n) is 3.83. The van der Waals surface area contributed by atoms with E-state index in [9.17, 15) is 5.11 Å². The van der Waals surface area contributed by atoms with E-state index in [1.54, 1.807) is 0 Å². The molecule has 1 fully saturated rings. The number of hydrogen-bond acceptors (Lipinski definition) is 2. The van der Waals surface area contributed by atoms with Crippen molar-refractivity contribution in [1.29, 1.82) is 0 Å². The molecule has 66 valence electrons. The molecule has 1 rings (SSSR count). The topological polar surface area (TPSA) is 32.3 Å². The largest absolute Gasteiger partial charge is 0.390 e. The third-order valence-corrected chi connectivity index (χ3v) is 2.56. The summed E-state index contributed by atoms with van der Waals surface area (Å²) < 4.78 is 0. The fourth-order valence-corrected chi connectivity index (χ4v) is 1.73. The van der Waals surface area contributed by atoms with Crippen LogP contribution in [0.1, 0.15) is 39.5 Å². The molecule has 11 heavy (non-hydrogen) atoms. The molecule has 0 radical (unpaired) electrons.